The van der Waals surface area contributed by atoms with Gasteiger partial charge in [0, 0.05) is 36.1 Å². The molecule has 7 atom stereocenters. The molecule has 14 nitrogen and oxygen atoms in total. The van der Waals surface area contributed by atoms with Crippen LogP contribution >= 0.6 is 12.4 Å². The van der Waals surface area contributed by atoms with E-state index >= 15 is 4.39 Å². The van der Waals surface area contributed by atoms with E-state index in [1.165, 1.54) is 32.2 Å². The number of benzene rings is 2. The topological polar surface area (TPSA) is 232 Å². The van der Waals surface area contributed by atoms with E-state index in [9.17, 15) is 44.7 Å². The van der Waals surface area contributed by atoms with Crippen LogP contribution < -0.4 is 10.5 Å². The summed E-state index contributed by atoms with van der Waals surface area (Å²) in [7, 11) is 1.27. The molecule has 0 spiro atoms. The Morgan fingerprint density at radius 2 is 1.76 bits per heavy atom. The lowest BCUT2D eigenvalue weighted by molar-refractivity contribution is -0.294. The molecule has 46 heavy (non-hydrogen) atoms. The van der Waals surface area contributed by atoms with Crippen molar-refractivity contribution >= 4 is 35.7 Å². The molecule has 1 heterocycles. The number of nitrogens with two attached hydrogens (primary N) is 1. The monoisotopic (exact) mass is 669 g/mol. The first kappa shape index (κ1) is 35.2. The van der Waals surface area contributed by atoms with Gasteiger partial charge >= 0.3 is 5.97 Å². The highest BCUT2D eigenvalue weighted by molar-refractivity contribution is 6.31. The molecule has 0 bridgehead atoms. The van der Waals surface area contributed by atoms with Gasteiger partial charge in [-0.3, -0.25) is 19.2 Å². The number of hydrogen-bond acceptors (Lipinski definition) is 14. The second-order valence-electron chi connectivity index (χ2n) is 11.2. The summed E-state index contributed by atoms with van der Waals surface area (Å²) in [4.78, 5) is 52.5. The van der Waals surface area contributed by atoms with Crippen LogP contribution in [0.25, 0.3) is 0 Å². The molecule has 0 radical (unpaired) electrons. The van der Waals surface area contributed by atoms with Crippen LogP contribution in [0.5, 0.6) is 17.2 Å². The van der Waals surface area contributed by atoms with Crippen LogP contribution in [-0.4, -0.2) is 105 Å². The Hall–Kier alpha value is -3.70. The maximum Gasteiger partial charge on any atom is 0.307 e. The van der Waals surface area contributed by atoms with Crippen LogP contribution in [0, 0.1) is 0 Å². The fourth-order valence-corrected chi connectivity index (χ4v) is 5.98. The highest BCUT2D eigenvalue weighted by Gasteiger charge is 2.52. The van der Waals surface area contributed by atoms with Gasteiger partial charge in [-0.15, -0.1) is 12.4 Å². The van der Waals surface area contributed by atoms with E-state index in [2.05, 4.69) is 0 Å². The zero-order valence-corrected chi connectivity index (χ0v) is 25.4. The Bertz CT molecular complexity index is 1580. The van der Waals surface area contributed by atoms with Crippen molar-refractivity contribution in [3.63, 3.8) is 0 Å². The molecular formula is C30H33ClFNO13. The Morgan fingerprint density at radius 1 is 1.09 bits per heavy atom. The molecule has 3 aliphatic rings. The zero-order valence-electron chi connectivity index (χ0n) is 24.6. The second-order valence-corrected chi connectivity index (χ2v) is 11.2. The van der Waals surface area contributed by atoms with Crippen molar-refractivity contribution in [1.29, 1.82) is 0 Å². The van der Waals surface area contributed by atoms with Crippen LogP contribution in [0.3, 0.4) is 0 Å². The van der Waals surface area contributed by atoms with Crippen molar-refractivity contribution in [3.05, 3.63) is 51.6 Å². The SMILES string of the molecule is COc1cccc2c1C(=O)c1c(O)c3c(c(O)c1C2=O)C[C@@](O)(C(=O)COC(=O)CCN)C[C@@H]3O[C@@H]1O[C@@H](C)[C@@H](O)[C@@H](O)[C@H]1F.Cl. The number of ether oxygens (including phenoxy) is 4. The first-order chi connectivity index (χ1) is 21.2. The molecule has 0 unspecified atom stereocenters. The average molecular weight is 670 g/mol. The number of methoxy groups -OCH3 is 1. The summed E-state index contributed by atoms with van der Waals surface area (Å²) in [6, 6.07) is 4.19. The molecule has 0 amide bonds. The predicted octanol–water partition coefficient (Wildman–Crippen LogP) is 0.304. The Balaban J connectivity index is 0.00000480. The largest absolute Gasteiger partial charge is 0.507 e. The molecule has 1 fully saturated rings. The molecule has 7 N–H and O–H groups in total. The molecule has 250 valence electrons. The van der Waals surface area contributed by atoms with Crippen molar-refractivity contribution < 1.29 is 68.0 Å². The summed E-state index contributed by atoms with van der Waals surface area (Å²) in [5, 5.41) is 54.8. The minimum Gasteiger partial charge on any atom is -0.507 e. The van der Waals surface area contributed by atoms with Crippen molar-refractivity contribution in [2.24, 2.45) is 5.73 Å². The molecule has 0 aromatic heterocycles. The van der Waals surface area contributed by atoms with Gasteiger partial charge in [0.05, 0.1) is 42.4 Å². The second kappa shape index (κ2) is 13.2. The Morgan fingerprint density at radius 3 is 2.41 bits per heavy atom. The van der Waals surface area contributed by atoms with Crippen LogP contribution in [0.1, 0.15) is 68.8 Å². The summed E-state index contributed by atoms with van der Waals surface area (Å²) in [6.45, 7) is 0.341. The highest BCUT2D eigenvalue weighted by atomic mass is 35.5. The number of phenolic OH excluding ortho intramolecular Hbond substituents is 2. The van der Waals surface area contributed by atoms with Crippen LogP contribution in [0.15, 0.2) is 18.2 Å². The van der Waals surface area contributed by atoms with Gasteiger partial charge in [-0.1, -0.05) is 12.1 Å². The summed E-state index contributed by atoms with van der Waals surface area (Å²) in [5.41, 5.74) is 0.571. The number of Topliss-reactive ketones (excluding diaryl/α,β-unsaturated/α-hetero) is 1. The first-order valence-corrected chi connectivity index (χ1v) is 14.0. The lowest BCUT2D eigenvalue weighted by atomic mass is 9.72. The third-order valence-corrected chi connectivity index (χ3v) is 8.37. The Kier molecular flexibility index (Phi) is 10.1. The molecule has 2 aromatic carbocycles. The molecule has 1 saturated heterocycles. The molecule has 0 saturated carbocycles. The number of esters is 1. The van der Waals surface area contributed by atoms with Crippen molar-refractivity contribution in [2.45, 2.75) is 68.7 Å². The number of carbonyl (C=O) groups is 4. The number of alkyl halides is 1. The summed E-state index contributed by atoms with van der Waals surface area (Å²) >= 11 is 0. The molecule has 1 aliphatic heterocycles. The number of carbonyl (C=O) groups excluding carboxylic acids is 4. The number of aliphatic hydroxyl groups excluding tert-OH is 2. The number of halogens is 2. The van der Waals surface area contributed by atoms with Gasteiger partial charge in [-0.2, -0.15) is 0 Å². The summed E-state index contributed by atoms with van der Waals surface area (Å²) in [5.74, 6) is -5.33. The number of hydrogen-bond donors (Lipinski definition) is 6. The van der Waals surface area contributed by atoms with Gasteiger partial charge in [0.25, 0.3) is 0 Å². The first-order valence-electron chi connectivity index (χ1n) is 14.0. The van der Waals surface area contributed by atoms with E-state index < -0.39 is 108 Å². The van der Waals surface area contributed by atoms with E-state index in [1.54, 1.807) is 0 Å². The van der Waals surface area contributed by atoms with Gasteiger partial charge < -0.3 is 50.2 Å². The van der Waals surface area contributed by atoms with Gasteiger partial charge in [0.2, 0.25) is 11.6 Å². The fraction of sp³-hybridized carbons (Fsp3) is 0.467. The van der Waals surface area contributed by atoms with Gasteiger partial charge in [0.15, 0.2) is 24.9 Å². The molecule has 5 rings (SSSR count). The molecular weight excluding hydrogens is 637 g/mol. The number of rotatable bonds is 8. The van der Waals surface area contributed by atoms with Crippen molar-refractivity contribution in [3.8, 4) is 17.2 Å². The van der Waals surface area contributed by atoms with Gasteiger partial charge in [0.1, 0.15) is 35.1 Å². The van der Waals surface area contributed by atoms with E-state index in [4.69, 9.17) is 24.7 Å². The van der Waals surface area contributed by atoms with Crippen LogP contribution in [0.2, 0.25) is 0 Å². The summed E-state index contributed by atoms with van der Waals surface area (Å²) < 4.78 is 36.5. The van der Waals surface area contributed by atoms with Crippen molar-refractivity contribution in [2.75, 3.05) is 20.3 Å². The van der Waals surface area contributed by atoms with E-state index in [0.29, 0.717) is 0 Å². The number of aromatic hydroxyl groups is 2. The van der Waals surface area contributed by atoms with Crippen LogP contribution in [0.4, 0.5) is 4.39 Å². The van der Waals surface area contributed by atoms with Crippen LogP contribution in [-0.2, 0) is 30.2 Å². The number of ketones is 3. The minimum atomic E-state index is -2.48. The lowest BCUT2D eigenvalue weighted by Gasteiger charge is -2.43. The normalized spacial score (nSPS) is 28.3. The van der Waals surface area contributed by atoms with Gasteiger partial charge in [-0.05, 0) is 13.0 Å². The molecule has 2 aromatic rings. The zero-order chi connectivity index (χ0) is 33.0. The lowest BCUT2D eigenvalue weighted by Crippen LogP contribution is -2.56. The third-order valence-electron chi connectivity index (χ3n) is 8.37. The standard InChI is InChI=1S/C30H32FNO13.ClH/c1-11-23(35)28(40)22(31)29(44-11)45-15-9-30(41,16(33)10-43-17(34)6-7-32)8-13-19(15)27(39)21-20(25(13)37)24(36)12-4-3-5-14(42-2)18(12)26(21)38;/h3-5,11,15,22-23,28-29,35,37,39-41H,6-10,32H2,1-2H3;1H/t11-,15-,22+,23+,28-,29-,30-;/m0./s1. The maximum absolute atomic E-state index is 15.2. The van der Waals surface area contributed by atoms with Gasteiger partial charge in [-0.25, -0.2) is 4.39 Å². The van der Waals surface area contributed by atoms with E-state index in [0.717, 1.165) is 0 Å². The third kappa shape index (κ3) is 5.72. The number of fused-ring (bicyclic) bond motifs is 3. The van der Waals surface area contributed by atoms with E-state index in [1.807, 2.05) is 0 Å². The fourth-order valence-electron chi connectivity index (χ4n) is 5.98. The molecule has 2 aliphatic carbocycles. The summed E-state index contributed by atoms with van der Waals surface area (Å²) in [6.07, 6.45) is -12.4. The number of phenols is 2. The minimum absolute atomic E-state index is 0. The molecule has 16 heteroatoms. The smallest absolute Gasteiger partial charge is 0.307 e. The quantitative estimate of drug-likeness (QED) is 0.140. The predicted molar refractivity (Wildman–Crippen MR) is 155 cm³/mol. The Labute approximate surface area is 267 Å². The van der Waals surface area contributed by atoms with Crippen molar-refractivity contribution in [1.82, 2.24) is 0 Å². The highest BCUT2D eigenvalue weighted by Crippen LogP contribution is 2.52. The van der Waals surface area contributed by atoms with E-state index in [-0.39, 0.29) is 53.4 Å². The number of aliphatic hydroxyl groups is 3. The maximum atomic E-state index is 15.2. The average Bonchev–Trinajstić information content (AvgIpc) is 3.01.